The van der Waals surface area contributed by atoms with Crippen LogP contribution in [-0.2, 0) is 0 Å². The zero-order chi connectivity index (χ0) is 11.1. The maximum absolute atomic E-state index is 2.45. The highest BCUT2D eigenvalue weighted by atomic mass is 14.5. The van der Waals surface area contributed by atoms with Gasteiger partial charge in [0.25, 0.3) is 0 Å². The van der Waals surface area contributed by atoms with Crippen LogP contribution in [0.15, 0.2) is 0 Å². The maximum Gasteiger partial charge on any atom is -0.0303 e. The van der Waals surface area contributed by atoms with Gasteiger partial charge in [-0.15, -0.1) is 0 Å². The van der Waals surface area contributed by atoms with E-state index in [0.29, 0.717) is 10.8 Å². The zero-order valence-electron chi connectivity index (χ0n) is 11.1. The molecule has 0 heteroatoms. The van der Waals surface area contributed by atoms with E-state index >= 15 is 0 Å². The van der Waals surface area contributed by atoms with E-state index in [-0.39, 0.29) is 0 Å². The first-order valence-electron chi connectivity index (χ1n) is 6.15. The van der Waals surface area contributed by atoms with Gasteiger partial charge in [0.1, 0.15) is 0 Å². The molecule has 84 valence electrons. The van der Waals surface area contributed by atoms with Crippen LogP contribution < -0.4 is 0 Å². The largest absolute Gasteiger partial charge is 0.0620 e. The Morgan fingerprint density at radius 2 is 1.29 bits per heavy atom. The van der Waals surface area contributed by atoms with Crippen LogP contribution >= 0.6 is 0 Å². The molecular weight excluding hydrogens is 168 g/mol. The van der Waals surface area contributed by atoms with Crippen LogP contribution in [0.5, 0.6) is 0 Å². The average Bonchev–Trinajstić information content (AvgIpc) is 1.98. The van der Waals surface area contributed by atoms with Gasteiger partial charge in [0.15, 0.2) is 0 Å². The summed E-state index contributed by atoms with van der Waals surface area (Å²) in [5, 5.41) is 0. The molecule has 1 aliphatic carbocycles. The van der Waals surface area contributed by atoms with Crippen molar-refractivity contribution >= 4 is 0 Å². The molecule has 0 nitrogen and oxygen atoms in total. The highest BCUT2D eigenvalue weighted by Crippen LogP contribution is 2.51. The molecule has 0 aromatic carbocycles. The second-order valence-electron chi connectivity index (χ2n) is 7.16. The quantitative estimate of drug-likeness (QED) is 0.525. The van der Waals surface area contributed by atoms with Crippen LogP contribution in [0.25, 0.3) is 0 Å². The fourth-order valence-electron chi connectivity index (χ4n) is 2.75. The SMILES string of the molecule is CC1CC(C(C)(C)C)CC(C)C1(C)C. The molecule has 0 aliphatic heterocycles. The molecule has 0 saturated heterocycles. The van der Waals surface area contributed by atoms with Gasteiger partial charge >= 0.3 is 0 Å². The van der Waals surface area contributed by atoms with Crippen molar-refractivity contribution in [3.05, 3.63) is 0 Å². The average molecular weight is 196 g/mol. The van der Waals surface area contributed by atoms with E-state index in [1.807, 2.05) is 0 Å². The van der Waals surface area contributed by atoms with Crippen LogP contribution in [0.2, 0.25) is 0 Å². The summed E-state index contributed by atoms with van der Waals surface area (Å²) in [5.74, 6) is 2.66. The summed E-state index contributed by atoms with van der Waals surface area (Å²) >= 11 is 0. The molecule has 1 rings (SSSR count). The minimum Gasteiger partial charge on any atom is -0.0620 e. The minimum atomic E-state index is 0.499. The van der Waals surface area contributed by atoms with Crippen molar-refractivity contribution in [2.45, 2.75) is 61.3 Å². The highest BCUT2D eigenvalue weighted by molar-refractivity contribution is 4.91. The van der Waals surface area contributed by atoms with Gasteiger partial charge in [0, 0.05) is 0 Å². The summed E-state index contributed by atoms with van der Waals surface area (Å²) in [6, 6.07) is 0. The third-order valence-corrected chi connectivity index (χ3v) is 5.04. The number of hydrogen-bond acceptors (Lipinski definition) is 0. The van der Waals surface area contributed by atoms with Crippen molar-refractivity contribution in [1.82, 2.24) is 0 Å². The topological polar surface area (TPSA) is 0 Å². The zero-order valence-corrected chi connectivity index (χ0v) is 11.1. The van der Waals surface area contributed by atoms with E-state index in [4.69, 9.17) is 0 Å². The molecule has 14 heavy (non-hydrogen) atoms. The van der Waals surface area contributed by atoms with E-state index in [9.17, 15) is 0 Å². The molecule has 0 amide bonds. The summed E-state index contributed by atoms with van der Waals surface area (Å²) < 4.78 is 0. The molecule has 1 saturated carbocycles. The summed E-state index contributed by atoms with van der Waals surface area (Å²) in [5.41, 5.74) is 1.04. The third-order valence-electron chi connectivity index (χ3n) is 5.04. The minimum absolute atomic E-state index is 0.499. The summed E-state index contributed by atoms with van der Waals surface area (Å²) in [6.07, 6.45) is 2.84. The van der Waals surface area contributed by atoms with E-state index < -0.39 is 0 Å². The Morgan fingerprint density at radius 3 is 1.57 bits per heavy atom. The molecule has 2 unspecified atom stereocenters. The Labute approximate surface area is 90.5 Å². The highest BCUT2D eigenvalue weighted by Gasteiger charge is 2.42. The standard InChI is InChI=1S/C14H28/c1-10-8-12(13(3,4)5)9-11(2)14(10,6)7/h10-12H,8-9H2,1-7H3. The Kier molecular flexibility index (Phi) is 3.05. The fourth-order valence-corrected chi connectivity index (χ4v) is 2.75. The molecule has 0 aromatic rings. The Bertz CT molecular complexity index is 181. The molecule has 2 atom stereocenters. The smallest absolute Gasteiger partial charge is 0.0303 e. The van der Waals surface area contributed by atoms with E-state index in [0.717, 1.165) is 17.8 Å². The lowest BCUT2D eigenvalue weighted by atomic mass is 9.56. The summed E-state index contributed by atoms with van der Waals surface area (Å²) in [4.78, 5) is 0. The molecule has 1 aliphatic rings. The van der Waals surface area contributed by atoms with E-state index in [1.165, 1.54) is 12.8 Å². The lowest BCUT2D eigenvalue weighted by Gasteiger charge is -2.49. The normalized spacial score (nSPS) is 38.4. The van der Waals surface area contributed by atoms with Gasteiger partial charge in [-0.05, 0) is 41.4 Å². The molecule has 1 fully saturated rings. The second-order valence-corrected chi connectivity index (χ2v) is 7.16. The van der Waals surface area contributed by atoms with Crippen molar-refractivity contribution in [2.24, 2.45) is 28.6 Å². The first-order valence-corrected chi connectivity index (χ1v) is 6.15. The fraction of sp³-hybridized carbons (Fsp3) is 1.00. The summed E-state index contributed by atoms with van der Waals surface area (Å²) in [7, 11) is 0. The van der Waals surface area contributed by atoms with Gasteiger partial charge < -0.3 is 0 Å². The lowest BCUT2D eigenvalue weighted by molar-refractivity contribution is 0.00751. The van der Waals surface area contributed by atoms with Gasteiger partial charge in [-0.25, -0.2) is 0 Å². The van der Waals surface area contributed by atoms with Crippen LogP contribution in [0, 0.1) is 28.6 Å². The van der Waals surface area contributed by atoms with Gasteiger partial charge in [-0.3, -0.25) is 0 Å². The molecule has 0 aromatic heterocycles. The molecule has 0 radical (unpaired) electrons. The van der Waals surface area contributed by atoms with E-state index in [2.05, 4.69) is 48.5 Å². The number of rotatable bonds is 0. The monoisotopic (exact) mass is 196 g/mol. The first-order chi connectivity index (χ1) is 6.15. The first kappa shape index (κ1) is 12.1. The van der Waals surface area contributed by atoms with Crippen LogP contribution in [0.3, 0.4) is 0 Å². The Balaban J connectivity index is 2.76. The molecule has 0 bridgehead atoms. The van der Waals surface area contributed by atoms with Crippen molar-refractivity contribution in [3.8, 4) is 0 Å². The van der Waals surface area contributed by atoms with Crippen LogP contribution in [0.4, 0.5) is 0 Å². The molecule has 0 N–H and O–H groups in total. The van der Waals surface area contributed by atoms with Gasteiger partial charge in [0.05, 0.1) is 0 Å². The second kappa shape index (κ2) is 3.54. The predicted octanol–water partition coefficient (Wildman–Crippen LogP) is 4.74. The summed E-state index contributed by atoms with van der Waals surface area (Å²) in [6.45, 7) is 17.0. The lowest BCUT2D eigenvalue weighted by Crippen LogP contribution is -2.40. The van der Waals surface area contributed by atoms with Crippen molar-refractivity contribution in [2.75, 3.05) is 0 Å². The van der Waals surface area contributed by atoms with Crippen LogP contribution in [0.1, 0.15) is 61.3 Å². The Morgan fingerprint density at radius 1 is 0.929 bits per heavy atom. The van der Waals surface area contributed by atoms with Gasteiger partial charge in [-0.2, -0.15) is 0 Å². The molecule has 0 spiro atoms. The van der Waals surface area contributed by atoms with Crippen molar-refractivity contribution in [1.29, 1.82) is 0 Å². The Hall–Kier alpha value is 0. The predicted molar refractivity (Wildman–Crippen MR) is 64.3 cm³/mol. The number of hydrogen-bond donors (Lipinski definition) is 0. The van der Waals surface area contributed by atoms with Gasteiger partial charge in [0.2, 0.25) is 0 Å². The maximum atomic E-state index is 2.45. The van der Waals surface area contributed by atoms with Gasteiger partial charge in [-0.1, -0.05) is 48.5 Å². The van der Waals surface area contributed by atoms with E-state index in [1.54, 1.807) is 0 Å². The van der Waals surface area contributed by atoms with Crippen molar-refractivity contribution in [3.63, 3.8) is 0 Å². The third kappa shape index (κ3) is 2.15. The molecular formula is C14H28. The molecule has 0 heterocycles. The van der Waals surface area contributed by atoms with Crippen LogP contribution in [-0.4, -0.2) is 0 Å². The van der Waals surface area contributed by atoms with Crippen molar-refractivity contribution < 1.29 is 0 Å².